The van der Waals surface area contributed by atoms with Gasteiger partial charge in [0.15, 0.2) is 5.65 Å². The fourth-order valence-electron chi connectivity index (χ4n) is 2.43. The minimum absolute atomic E-state index is 0.306. The highest BCUT2D eigenvalue weighted by Gasteiger charge is 2.20. The lowest BCUT2D eigenvalue weighted by molar-refractivity contribution is 0.420. The Morgan fingerprint density at radius 2 is 2.39 bits per heavy atom. The minimum atomic E-state index is -0.306. The molecule has 0 saturated carbocycles. The van der Waals surface area contributed by atoms with E-state index in [0.29, 0.717) is 18.1 Å². The number of nitrogens with two attached hydrogens (primary N) is 1. The molecule has 0 aliphatic carbocycles. The Morgan fingerprint density at radius 1 is 1.50 bits per heavy atom. The summed E-state index contributed by atoms with van der Waals surface area (Å²) in [7, 11) is 0. The average Bonchev–Trinajstić information content (AvgIpc) is 2.80. The molecule has 3 N–H and O–H groups in total. The number of piperidine rings is 1. The quantitative estimate of drug-likeness (QED) is 0.754. The molecule has 0 bridgehead atoms. The van der Waals surface area contributed by atoms with E-state index in [1.165, 1.54) is 10.9 Å². The molecule has 96 valence electrons. The van der Waals surface area contributed by atoms with Crippen LogP contribution < -0.4 is 16.3 Å². The standard InChI is InChI=1S/C11H16N6O/c12-6-8-2-1-5-16(7-8)10-4-3-9-13-14-11(18)17(9)15-10/h3-4,8H,1-2,5-7,12H2,(H,14,18). The van der Waals surface area contributed by atoms with Crippen molar-refractivity contribution in [3.05, 3.63) is 22.6 Å². The van der Waals surface area contributed by atoms with Crippen LogP contribution in [-0.2, 0) is 0 Å². The normalized spacial score (nSPS) is 20.5. The van der Waals surface area contributed by atoms with Crippen LogP contribution in [0.5, 0.6) is 0 Å². The summed E-state index contributed by atoms with van der Waals surface area (Å²) in [6, 6.07) is 3.70. The van der Waals surface area contributed by atoms with Crippen LogP contribution in [-0.4, -0.2) is 39.4 Å². The van der Waals surface area contributed by atoms with Crippen molar-refractivity contribution < 1.29 is 0 Å². The van der Waals surface area contributed by atoms with Gasteiger partial charge in [0.05, 0.1) is 0 Å². The Balaban J connectivity index is 1.93. The molecule has 1 unspecified atom stereocenters. The Morgan fingerprint density at radius 3 is 3.22 bits per heavy atom. The van der Waals surface area contributed by atoms with Gasteiger partial charge in [-0.2, -0.15) is 9.61 Å². The zero-order chi connectivity index (χ0) is 12.5. The van der Waals surface area contributed by atoms with Crippen LogP contribution in [0.2, 0.25) is 0 Å². The molecule has 0 amide bonds. The third kappa shape index (κ3) is 1.86. The summed E-state index contributed by atoms with van der Waals surface area (Å²) in [5, 5.41) is 10.6. The average molecular weight is 248 g/mol. The van der Waals surface area contributed by atoms with Gasteiger partial charge in [0.1, 0.15) is 5.82 Å². The van der Waals surface area contributed by atoms with Crippen molar-refractivity contribution in [2.45, 2.75) is 12.8 Å². The fraction of sp³-hybridized carbons (Fsp3) is 0.545. The van der Waals surface area contributed by atoms with E-state index in [0.717, 1.165) is 25.3 Å². The molecule has 0 spiro atoms. The molecular formula is C11H16N6O. The Hall–Kier alpha value is -1.89. The number of anilines is 1. The van der Waals surface area contributed by atoms with Gasteiger partial charge >= 0.3 is 5.69 Å². The van der Waals surface area contributed by atoms with E-state index in [-0.39, 0.29) is 5.69 Å². The molecule has 1 aliphatic heterocycles. The second-order valence-electron chi connectivity index (χ2n) is 4.68. The molecule has 7 heteroatoms. The molecule has 0 radical (unpaired) electrons. The van der Waals surface area contributed by atoms with Gasteiger partial charge in [-0.25, -0.2) is 9.89 Å². The lowest BCUT2D eigenvalue weighted by atomic mass is 9.98. The Bertz CT molecular complexity index is 603. The molecule has 1 atom stereocenters. The smallest absolute Gasteiger partial charge is 0.355 e. The second-order valence-corrected chi connectivity index (χ2v) is 4.68. The molecule has 1 fully saturated rings. The molecule has 7 nitrogen and oxygen atoms in total. The zero-order valence-electron chi connectivity index (χ0n) is 10.0. The molecular weight excluding hydrogens is 232 g/mol. The van der Waals surface area contributed by atoms with Crippen LogP contribution in [0.1, 0.15) is 12.8 Å². The first-order valence-corrected chi connectivity index (χ1v) is 6.17. The number of hydrogen-bond donors (Lipinski definition) is 2. The van der Waals surface area contributed by atoms with Crippen molar-refractivity contribution in [1.82, 2.24) is 19.8 Å². The van der Waals surface area contributed by atoms with Gasteiger partial charge in [0.25, 0.3) is 0 Å². The highest BCUT2D eigenvalue weighted by Crippen LogP contribution is 2.20. The van der Waals surface area contributed by atoms with Crippen LogP contribution in [0.25, 0.3) is 5.65 Å². The van der Waals surface area contributed by atoms with Crippen molar-refractivity contribution >= 4 is 11.5 Å². The molecule has 2 aromatic heterocycles. The number of hydrogen-bond acceptors (Lipinski definition) is 5. The van der Waals surface area contributed by atoms with E-state index in [9.17, 15) is 4.79 Å². The SMILES string of the molecule is NCC1CCCN(c2ccc3n[nH]c(=O)n3n2)C1. The summed E-state index contributed by atoms with van der Waals surface area (Å²) in [6.45, 7) is 2.56. The molecule has 3 rings (SSSR count). The summed E-state index contributed by atoms with van der Waals surface area (Å²) in [4.78, 5) is 13.7. The molecule has 1 aliphatic rings. The van der Waals surface area contributed by atoms with Crippen LogP contribution in [0.3, 0.4) is 0 Å². The maximum Gasteiger partial charge on any atom is 0.364 e. The number of nitrogens with zero attached hydrogens (tertiary/aromatic N) is 4. The largest absolute Gasteiger partial charge is 0.364 e. The van der Waals surface area contributed by atoms with Gasteiger partial charge in [-0.15, -0.1) is 5.10 Å². The topological polar surface area (TPSA) is 92.3 Å². The summed E-state index contributed by atoms with van der Waals surface area (Å²) in [5.74, 6) is 1.32. The third-order valence-electron chi connectivity index (χ3n) is 3.44. The van der Waals surface area contributed by atoms with E-state index < -0.39 is 0 Å². The monoisotopic (exact) mass is 248 g/mol. The van der Waals surface area contributed by atoms with E-state index in [4.69, 9.17) is 5.73 Å². The van der Waals surface area contributed by atoms with Crippen LogP contribution in [0.15, 0.2) is 16.9 Å². The third-order valence-corrected chi connectivity index (χ3v) is 3.44. The Kier molecular flexibility index (Phi) is 2.75. The highest BCUT2D eigenvalue weighted by atomic mass is 16.2. The molecule has 3 heterocycles. The number of H-pyrrole nitrogens is 1. The molecule has 2 aromatic rings. The summed E-state index contributed by atoms with van der Waals surface area (Å²) in [5.41, 5.74) is 5.96. The Labute approximate surface area is 104 Å². The van der Waals surface area contributed by atoms with E-state index in [1.807, 2.05) is 6.07 Å². The summed E-state index contributed by atoms with van der Waals surface area (Å²) < 4.78 is 1.29. The highest BCUT2D eigenvalue weighted by molar-refractivity contribution is 5.45. The number of fused-ring (bicyclic) bond motifs is 1. The van der Waals surface area contributed by atoms with Crippen molar-refractivity contribution in [2.75, 3.05) is 24.5 Å². The predicted octanol–water partition coefficient (Wildman–Crippen LogP) is -0.407. The first kappa shape index (κ1) is 11.2. The van der Waals surface area contributed by atoms with Gasteiger partial charge in [-0.3, -0.25) is 0 Å². The zero-order valence-corrected chi connectivity index (χ0v) is 10.0. The van der Waals surface area contributed by atoms with Crippen molar-refractivity contribution in [3.63, 3.8) is 0 Å². The van der Waals surface area contributed by atoms with E-state index >= 15 is 0 Å². The van der Waals surface area contributed by atoms with Gasteiger partial charge in [-0.05, 0) is 37.4 Å². The van der Waals surface area contributed by atoms with Crippen molar-refractivity contribution in [1.29, 1.82) is 0 Å². The van der Waals surface area contributed by atoms with Crippen molar-refractivity contribution in [2.24, 2.45) is 11.7 Å². The summed E-state index contributed by atoms with van der Waals surface area (Å²) >= 11 is 0. The van der Waals surface area contributed by atoms with Crippen LogP contribution in [0.4, 0.5) is 5.82 Å². The second kappa shape index (κ2) is 4.41. The maximum absolute atomic E-state index is 11.5. The molecule has 18 heavy (non-hydrogen) atoms. The fourth-order valence-corrected chi connectivity index (χ4v) is 2.43. The van der Waals surface area contributed by atoms with Gasteiger partial charge in [-0.1, -0.05) is 0 Å². The van der Waals surface area contributed by atoms with Gasteiger partial charge < -0.3 is 10.6 Å². The van der Waals surface area contributed by atoms with Crippen LogP contribution >= 0.6 is 0 Å². The van der Waals surface area contributed by atoms with Gasteiger partial charge in [0.2, 0.25) is 0 Å². The number of aromatic amines is 1. The lowest BCUT2D eigenvalue weighted by Gasteiger charge is -2.32. The van der Waals surface area contributed by atoms with Crippen LogP contribution in [0, 0.1) is 5.92 Å². The van der Waals surface area contributed by atoms with E-state index in [1.54, 1.807) is 6.07 Å². The number of nitrogens with one attached hydrogen (secondary N) is 1. The first-order valence-electron chi connectivity index (χ1n) is 6.17. The van der Waals surface area contributed by atoms with Crippen molar-refractivity contribution in [3.8, 4) is 0 Å². The van der Waals surface area contributed by atoms with Gasteiger partial charge in [0, 0.05) is 13.1 Å². The predicted molar refractivity (Wildman–Crippen MR) is 67.6 cm³/mol. The number of aromatic nitrogens is 4. The minimum Gasteiger partial charge on any atom is -0.355 e. The molecule has 0 aromatic carbocycles. The number of rotatable bonds is 2. The lowest BCUT2D eigenvalue weighted by Crippen LogP contribution is -2.39. The first-order chi connectivity index (χ1) is 8.78. The maximum atomic E-state index is 11.5. The summed E-state index contributed by atoms with van der Waals surface area (Å²) in [6.07, 6.45) is 2.28. The van der Waals surface area contributed by atoms with E-state index in [2.05, 4.69) is 20.2 Å². The molecule has 1 saturated heterocycles.